The van der Waals surface area contributed by atoms with Crippen molar-refractivity contribution in [2.75, 3.05) is 0 Å². The van der Waals surface area contributed by atoms with E-state index in [4.69, 9.17) is 5.84 Å². The van der Waals surface area contributed by atoms with E-state index in [-0.39, 0.29) is 11.9 Å². The lowest BCUT2D eigenvalue weighted by atomic mass is 9.99. The summed E-state index contributed by atoms with van der Waals surface area (Å²) in [4.78, 5) is 0. The number of nitrogens with two attached hydrogens (primary N) is 1. The first-order valence-corrected chi connectivity index (χ1v) is 6.31. The second kappa shape index (κ2) is 5.95. The fourth-order valence-electron chi connectivity index (χ4n) is 2.17. The maximum Gasteiger partial charge on any atom is 0.126 e. The maximum atomic E-state index is 13.3. The fourth-order valence-corrected chi connectivity index (χ4v) is 2.17. The maximum absolute atomic E-state index is 13.3. The van der Waals surface area contributed by atoms with E-state index in [1.165, 1.54) is 6.07 Å². The minimum atomic E-state index is -0.189. The van der Waals surface area contributed by atoms with Crippen LogP contribution in [0.1, 0.15) is 29.3 Å². The lowest BCUT2D eigenvalue weighted by Gasteiger charge is -2.17. The molecule has 2 aromatic rings. The van der Waals surface area contributed by atoms with Crippen LogP contribution in [0.4, 0.5) is 4.39 Å². The molecule has 0 aliphatic carbocycles. The Morgan fingerprint density at radius 3 is 2.79 bits per heavy atom. The number of benzene rings is 1. The van der Waals surface area contributed by atoms with Crippen molar-refractivity contribution >= 4 is 0 Å². The molecule has 4 nitrogen and oxygen atoms in total. The van der Waals surface area contributed by atoms with Crippen LogP contribution < -0.4 is 11.3 Å². The Morgan fingerprint density at radius 1 is 1.42 bits per heavy atom. The molecule has 0 spiro atoms. The molecule has 1 aromatic heterocycles. The summed E-state index contributed by atoms with van der Waals surface area (Å²) in [7, 11) is 1.92. The fraction of sp³-hybridized carbons (Fsp3) is 0.357. The van der Waals surface area contributed by atoms with Gasteiger partial charge < -0.3 is 0 Å². The number of rotatable bonds is 5. The third kappa shape index (κ3) is 3.19. The highest BCUT2D eigenvalue weighted by molar-refractivity contribution is 5.26. The average molecular weight is 262 g/mol. The van der Waals surface area contributed by atoms with E-state index in [0.29, 0.717) is 5.56 Å². The van der Waals surface area contributed by atoms with Gasteiger partial charge in [-0.05, 0) is 43.0 Å². The third-order valence-electron chi connectivity index (χ3n) is 3.40. The molecule has 102 valence electrons. The van der Waals surface area contributed by atoms with Gasteiger partial charge in [0.15, 0.2) is 0 Å². The van der Waals surface area contributed by atoms with Crippen LogP contribution in [0.2, 0.25) is 0 Å². The number of hydrogen-bond donors (Lipinski definition) is 2. The van der Waals surface area contributed by atoms with Crippen molar-refractivity contribution in [1.82, 2.24) is 15.2 Å². The summed E-state index contributed by atoms with van der Waals surface area (Å²) in [5, 5.41) is 4.13. The van der Waals surface area contributed by atoms with Gasteiger partial charge in [0.25, 0.3) is 0 Å². The summed E-state index contributed by atoms with van der Waals surface area (Å²) in [6.07, 6.45) is 3.48. The molecule has 0 radical (unpaired) electrons. The standard InChI is InChI=1S/C14H19FN4/c1-10-9-11(3-5-13(10)15)14(18-16)6-4-12-7-8-17-19(12)2/h3,5,7-9,14,18H,4,6,16H2,1-2H3. The molecule has 2 rings (SSSR count). The van der Waals surface area contributed by atoms with Gasteiger partial charge in [0.1, 0.15) is 5.82 Å². The van der Waals surface area contributed by atoms with Crippen LogP contribution in [0.5, 0.6) is 0 Å². The predicted molar refractivity (Wildman–Crippen MR) is 72.7 cm³/mol. The van der Waals surface area contributed by atoms with Crippen LogP contribution in [-0.2, 0) is 13.5 Å². The van der Waals surface area contributed by atoms with Crippen LogP contribution in [0, 0.1) is 12.7 Å². The molecule has 0 aliphatic heterocycles. The number of hydrazine groups is 1. The lowest BCUT2D eigenvalue weighted by molar-refractivity contribution is 0.505. The molecule has 3 N–H and O–H groups in total. The second-order valence-corrected chi connectivity index (χ2v) is 4.71. The number of aromatic nitrogens is 2. The largest absolute Gasteiger partial charge is 0.273 e. The Bertz CT molecular complexity index is 550. The molecule has 0 amide bonds. The lowest BCUT2D eigenvalue weighted by Crippen LogP contribution is -2.28. The van der Waals surface area contributed by atoms with Gasteiger partial charge in [0.05, 0.1) is 0 Å². The number of hydrogen-bond acceptors (Lipinski definition) is 3. The van der Waals surface area contributed by atoms with Crippen molar-refractivity contribution in [2.45, 2.75) is 25.8 Å². The van der Waals surface area contributed by atoms with E-state index in [1.807, 2.05) is 23.9 Å². The summed E-state index contributed by atoms with van der Waals surface area (Å²) in [6, 6.07) is 7.09. The van der Waals surface area contributed by atoms with Gasteiger partial charge >= 0.3 is 0 Å². The van der Waals surface area contributed by atoms with Crippen LogP contribution in [0.3, 0.4) is 0 Å². The highest BCUT2D eigenvalue weighted by Crippen LogP contribution is 2.20. The molecule has 0 aliphatic rings. The Kier molecular flexibility index (Phi) is 4.29. The molecule has 0 bridgehead atoms. The normalized spacial score (nSPS) is 12.6. The number of halogens is 1. The van der Waals surface area contributed by atoms with Gasteiger partial charge in [-0.15, -0.1) is 0 Å². The van der Waals surface area contributed by atoms with E-state index < -0.39 is 0 Å². The second-order valence-electron chi connectivity index (χ2n) is 4.71. The SMILES string of the molecule is Cc1cc(C(CCc2ccnn2C)NN)ccc1F. The highest BCUT2D eigenvalue weighted by Gasteiger charge is 2.12. The predicted octanol–water partition coefficient (Wildman–Crippen LogP) is 2.00. The minimum absolute atomic E-state index is 0.00852. The number of aryl methyl sites for hydroxylation is 3. The van der Waals surface area contributed by atoms with E-state index in [0.717, 1.165) is 24.1 Å². The van der Waals surface area contributed by atoms with Gasteiger partial charge in [-0.2, -0.15) is 5.10 Å². The Labute approximate surface area is 112 Å². The van der Waals surface area contributed by atoms with Gasteiger partial charge in [-0.25, -0.2) is 4.39 Å². The molecular weight excluding hydrogens is 243 g/mol. The average Bonchev–Trinajstić information content (AvgIpc) is 2.80. The van der Waals surface area contributed by atoms with E-state index in [9.17, 15) is 4.39 Å². The van der Waals surface area contributed by atoms with Crippen LogP contribution in [-0.4, -0.2) is 9.78 Å². The topological polar surface area (TPSA) is 55.9 Å². The highest BCUT2D eigenvalue weighted by atomic mass is 19.1. The summed E-state index contributed by atoms with van der Waals surface area (Å²) in [5.41, 5.74) is 5.59. The summed E-state index contributed by atoms with van der Waals surface area (Å²) >= 11 is 0. The molecule has 0 fully saturated rings. The summed E-state index contributed by atoms with van der Waals surface area (Å²) < 4.78 is 15.1. The van der Waals surface area contributed by atoms with Crippen molar-refractivity contribution in [3.63, 3.8) is 0 Å². The first-order chi connectivity index (χ1) is 9.11. The van der Waals surface area contributed by atoms with E-state index >= 15 is 0 Å². The molecule has 5 heteroatoms. The zero-order valence-electron chi connectivity index (χ0n) is 11.2. The molecule has 1 aromatic carbocycles. The van der Waals surface area contributed by atoms with Crippen LogP contribution >= 0.6 is 0 Å². The molecule has 19 heavy (non-hydrogen) atoms. The summed E-state index contributed by atoms with van der Waals surface area (Å²) in [5.74, 6) is 5.42. The minimum Gasteiger partial charge on any atom is -0.273 e. The van der Waals surface area contributed by atoms with Crippen molar-refractivity contribution in [3.8, 4) is 0 Å². The quantitative estimate of drug-likeness (QED) is 0.640. The van der Waals surface area contributed by atoms with Crippen molar-refractivity contribution in [1.29, 1.82) is 0 Å². The molecule has 0 saturated carbocycles. The van der Waals surface area contributed by atoms with E-state index in [2.05, 4.69) is 10.5 Å². The van der Waals surface area contributed by atoms with Gasteiger partial charge in [0.2, 0.25) is 0 Å². The van der Waals surface area contributed by atoms with E-state index in [1.54, 1.807) is 19.2 Å². The third-order valence-corrected chi connectivity index (χ3v) is 3.40. The molecular formula is C14H19FN4. The van der Waals surface area contributed by atoms with Crippen LogP contribution in [0.15, 0.2) is 30.5 Å². The first-order valence-electron chi connectivity index (χ1n) is 6.31. The van der Waals surface area contributed by atoms with Crippen molar-refractivity contribution < 1.29 is 4.39 Å². The Hall–Kier alpha value is -1.72. The van der Waals surface area contributed by atoms with Gasteiger partial charge in [-0.1, -0.05) is 12.1 Å². The zero-order chi connectivity index (χ0) is 13.8. The smallest absolute Gasteiger partial charge is 0.126 e. The Morgan fingerprint density at radius 2 is 2.21 bits per heavy atom. The zero-order valence-corrected chi connectivity index (χ0v) is 11.2. The van der Waals surface area contributed by atoms with Crippen molar-refractivity contribution in [2.24, 2.45) is 12.9 Å². The monoisotopic (exact) mass is 262 g/mol. The Balaban J connectivity index is 2.07. The summed E-state index contributed by atoms with van der Waals surface area (Å²) in [6.45, 7) is 1.76. The molecule has 0 saturated heterocycles. The molecule has 1 atom stereocenters. The van der Waals surface area contributed by atoms with Crippen molar-refractivity contribution in [3.05, 3.63) is 53.1 Å². The number of nitrogens with one attached hydrogen (secondary N) is 1. The van der Waals surface area contributed by atoms with Gasteiger partial charge in [0, 0.05) is 25.0 Å². The molecule has 1 unspecified atom stereocenters. The number of nitrogens with zero attached hydrogens (tertiary/aromatic N) is 2. The van der Waals surface area contributed by atoms with Crippen LogP contribution in [0.25, 0.3) is 0 Å². The van der Waals surface area contributed by atoms with Gasteiger partial charge in [-0.3, -0.25) is 16.0 Å². The molecule has 1 heterocycles. The first kappa shape index (κ1) is 13.7.